The summed E-state index contributed by atoms with van der Waals surface area (Å²) in [4.78, 5) is 11.9. The maximum Gasteiger partial charge on any atom is 0.191 e. The number of guanidine groups is 1. The molecule has 9 heteroatoms. The minimum absolute atomic E-state index is 0. The highest BCUT2D eigenvalue weighted by molar-refractivity contribution is 14.0. The van der Waals surface area contributed by atoms with Crippen molar-refractivity contribution in [2.75, 3.05) is 39.4 Å². The smallest absolute Gasteiger partial charge is 0.191 e. The molecule has 2 aromatic carbocycles. The van der Waals surface area contributed by atoms with E-state index in [1.165, 1.54) is 12.1 Å². The summed E-state index contributed by atoms with van der Waals surface area (Å²) in [6, 6.07) is 15.0. The third-order valence-electron chi connectivity index (χ3n) is 5.81. The molecule has 0 saturated carbocycles. The van der Waals surface area contributed by atoms with Crippen molar-refractivity contribution in [3.8, 4) is 0 Å². The minimum atomic E-state index is -0.222. The summed E-state index contributed by atoms with van der Waals surface area (Å²) < 4.78 is 21.1. The van der Waals surface area contributed by atoms with Crippen LogP contribution in [0, 0.1) is 5.82 Å². The molecule has 1 atom stereocenters. The largest absolute Gasteiger partial charge is 0.379 e. The van der Waals surface area contributed by atoms with Gasteiger partial charge in [-0.2, -0.15) is 0 Å². The van der Waals surface area contributed by atoms with Crippen molar-refractivity contribution in [2.24, 2.45) is 12.0 Å². The Hall–Kier alpha value is -2.24. The molecule has 2 heterocycles. The van der Waals surface area contributed by atoms with Crippen LogP contribution in [0.1, 0.15) is 24.4 Å². The summed E-state index contributed by atoms with van der Waals surface area (Å²) in [6.07, 6.45) is 0. The lowest BCUT2D eigenvalue weighted by Crippen LogP contribution is -2.46. The van der Waals surface area contributed by atoms with Gasteiger partial charge in [-0.3, -0.25) is 4.90 Å². The summed E-state index contributed by atoms with van der Waals surface area (Å²) in [6.45, 7) is 7.03. The summed E-state index contributed by atoms with van der Waals surface area (Å²) in [7, 11) is 2.02. The van der Waals surface area contributed by atoms with Gasteiger partial charge in [-0.25, -0.2) is 14.4 Å². The monoisotopic (exact) mass is 566 g/mol. The molecule has 0 aliphatic carbocycles. The predicted octanol–water partition coefficient (Wildman–Crippen LogP) is 3.46. The highest BCUT2D eigenvalue weighted by Crippen LogP contribution is 2.22. The number of imidazole rings is 1. The van der Waals surface area contributed by atoms with Crippen molar-refractivity contribution in [1.29, 1.82) is 0 Å². The van der Waals surface area contributed by atoms with Gasteiger partial charge in [0.05, 0.1) is 30.3 Å². The van der Waals surface area contributed by atoms with Crippen LogP contribution in [0.25, 0.3) is 11.0 Å². The minimum Gasteiger partial charge on any atom is -0.379 e. The topological polar surface area (TPSA) is 66.7 Å². The number of halogens is 2. The number of hydrogen-bond donors (Lipinski definition) is 2. The zero-order valence-corrected chi connectivity index (χ0v) is 21.5. The third kappa shape index (κ3) is 6.42. The SMILES string of the molecule is CCNC(=NCc1nc2ccccc2n1C)NCC(c1ccc(F)cc1)N1CCOCC1.I. The number of nitrogens with one attached hydrogen (secondary N) is 2. The van der Waals surface area contributed by atoms with Crippen molar-refractivity contribution in [3.05, 3.63) is 65.7 Å². The Morgan fingerprint density at radius 3 is 2.55 bits per heavy atom. The molecular formula is C24H32FIN6O. The van der Waals surface area contributed by atoms with E-state index in [0.717, 1.165) is 48.0 Å². The van der Waals surface area contributed by atoms with Crippen molar-refractivity contribution in [2.45, 2.75) is 19.5 Å². The van der Waals surface area contributed by atoms with Gasteiger partial charge < -0.3 is 19.9 Å². The lowest BCUT2D eigenvalue weighted by atomic mass is 10.0. The maximum atomic E-state index is 13.5. The number of benzene rings is 2. The van der Waals surface area contributed by atoms with E-state index < -0.39 is 0 Å². The van der Waals surface area contributed by atoms with Gasteiger partial charge in [0, 0.05) is 33.2 Å². The molecule has 2 N–H and O–H groups in total. The zero-order valence-electron chi connectivity index (χ0n) is 19.1. The van der Waals surface area contributed by atoms with Crippen LogP contribution in [0.15, 0.2) is 53.5 Å². The van der Waals surface area contributed by atoms with Crippen LogP contribution in [-0.4, -0.2) is 59.8 Å². The maximum absolute atomic E-state index is 13.5. The number of aliphatic imine (C=N–C) groups is 1. The molecule has 1 aromatic heterocycles. The summed E-state index contributed by atoms with van der Waals surface area (Å²) in [5.74, 6) is 1.42. The highest BCUT2D eigenvalue weighted by Gasteiger charge is 2.23. The Labute approximate surface area is 211 Å². The molecule has 1 saturated heterocycles. The van der Waals surface area contributed by atoms with Crippen LogP contribution in [0.4, 0.5) is 4.39 Å². The molecule has 1 unspecified atom stereocenters. The quantitative estimate of drug-likeness (QED) is 0.261. The summed E-state index contributed by atoms with van der Waals surface area (Å²) in [5.41, 5.74) is 3.15. The van der Waals surface area contributed by atoms with E-state index in [1.807, 2.05) is 44.3 Å². The Morgan fingerprint density at radius 2 is 1.85 bits per heavy atom. The number of aromatic nitrogens is 2. The highest BCUT2D eigenvalue weighted by atomic mass is 127. The Balaban J connectivity index is 0.00000306. The number of hydrogen-bond acceptors (Lipinski definition) is 4. The van der Waals surface area contributed by atoms with E-state index in [9.17, 15) is 4.39 Å². The van der Waals surface area contributed by atoms with Crippen LogP contribution in [-0.2, 0) is 18.3 Å². The number of nitrogens with zero attached hydrogens (tertiary/aromatic N) is 4. The van der Waals surface area contributed by atoms with Gasteiger partial charge in [0.2, 0.25) is 0 Å². The van der Waals surface area contributed by atoms with Crippen LogP contribution < -0.4 is 10.6 Å². The van der Waals surface area contributed by atoms with E-state index in [0.29, 0.717) is 26.3 Å². The molecule has 3 aromatic rings. The molecule has 1 aliphatic heterocycles. The average molecular weight is 566 g/mol. The van der Waals surface area contributed by atoms with Crippen LogP contribution in [0.5, 0.6) is 0 Å². The average Bonchev–Trinajstić information content (AvgIpc) is 3.15. The van der Waals surface area contributed by atoms with Crippen LogP contribution in [0.3, 0.4) is 0 Å². The number of ether oxygens (including phenoxy) is 1. The zero-order chi connectivity index (χ0) is 22.3. The first-order valence-corrected chi connectivity index (χ1v) is 11.2. The lowest BCUT2D eigenvalue weighted by molar-refractivity contribution is 0.0170. The normalized spacial score (nSPS) is 15.8. The number of rotatable bonds is 7. The van der Waals surface area contributed by atoms with Gasteiger partial charge in [-0.05, 0) is 36.8 Å². The van der Waals surface area contributed by atoms with E-state index in [4.69, 9.17) is 14.7 Å². The van der Waals surface area contributed by atoms with Gasteiger partial charge in [0.25, 0.3) is 0 Å². The molecule has 0 amide bonds. The Morgan fingerprint density at radius 1 is 1.12 bits per heavy atom. The van der Waals surface area contributed by atoms with E-state index >= 15 is 0 Å². The molecular weight excluding hydrogens is 534 g/mol. The molecule has 7 nitrogen and oxygen atoms in total. The van der Waals surface area contributed by atoms with Gasteiger partial charge in [-0.1, -0.05) is 24.3 Å². The fourth-order valence-electron chi connectivity index (χ4n) is 4.05. The van der Waals surface area contributed by atoms with Crippen molar-refractivity contribution >= 4 is 41.0 Å². The third-order valence-corrected chi connectivity index (χ3v) is 5.81. The van der Waals surface area contributed by atoms with Gasteiger partial charge in [0.1, 0.15) is 18.2 Å². The fraction of sp³-hybridized carbons (Fsp3) is 0.417. The molecule has 0 bridgehead atoms. The molecule has 4 rings (SSSR count). The molecule has 1 fully saturated rings. The van der Waals surface area contributed by atoms with Crippen molar-refractivity contribution in [3.63, 3.8) is 0 Å². The lowest BCUT2D eigenvalue weighted by Gasteiger charge is -2.35. The first-order chi connectivity index (χ1) is 15.7. The first-order valence-electron chi connectivity index (χ1n) is 11.2. The second-order valence-corrected chi connectivity index (χ2v) is 7.87. The van der Waals surface area contributed by atoms with Gasteiger partial charge in [0.15, 0.2) is 5.96 Å². The number of morpholine rings is 1. The molecule has 178 valence electrons. The van der Waals surface area contributed by atoms with E-state index in [-0.39, 0.29) is 35.8 Å². The summed E-state index contributed by atoms with van der Waals surface area (Å²) >= 11 is 0. The molecule has 1 aliphatic rings. The van der Waals surface area contributed by atoms with Gasteiger partial charge in [-0.15, -0.1) is 24.0 Å². The van der Waals surface area contributed by atoms with Crippen molar-refractivity contribution < 1.29 is 9.13 Å². The molecule has 33 heavy (non-hydrogen) atoms. The molecule has 0 radical (unpaired) electrons. The van der Waals surface area contributed by atoms with Gasteiger partial charge >= 0.3 is 0 Å². The van der Waals surface area contributed by atoms with Crippen LogP contribution in [0.2, 0.25) is 0 Å². The second-order valence-electron chi connectivity index (χ2n) is 7.87. The van der Waals surface area contributed by atoms with E-state index in [1.54, 1.807) is 0 Å². The number of aryl methyl sites for hydroxylation is 1. The Kier molecular flexibility index (Phi) is 9.45. The standard InChI is InChI=1S/C24H31FN6O.HI/c1-3-26-24(28-17-23-29-20-6-4-5-7-21(20)30(23)2)27-16-22(31-12-14-32-15-13-31)18-8-10-19(25)11-9-18;/h4-11,22H,3,12-17H2,1-2H3,(H2,26,27,28);1H. The first kappa shape index (κ1) is 25.4. The van der Waals surface area contributed by atoms with E-state index in [2.05, 4.69) is 26.2 Å². The second kappa shape index (κ2) is 12.3. The number of fused-ring (bicyclic) bond motifs is 1. The molecule has 0 spiro atoms. The van der Waals surface area contributed by atoms with Crippen LogP contribution >= 0.6 is 24.0 Å². The Bertz CT molecular complexity index is 1050. The fourth-order valence-corrected chi connectivity index (χ4v) is 4.05. The number of para-hydroxylation sites is 2. The predicted molar refractivity (Wildman–Crippen MR) is 140 cm³/mol. The summed E-state index contributed by atoms with van der Waals surface area (Å²) in [5, 5.41) is 6.80. The van der Waals surface area contributed by atoms with Crippen molar-refractivity contribution in [1.82, 2.24) is 25.1 Å².